The molecule has 4 aliphatic carbocycles. The molecule has 7 unspecified atom stereocenters. The largest absolute Gasteiger partial charge is 0.381 e. The number of hydrogen-bond donors (Lipinski definition) is 0. The smallest absolute Gasteiger partial charge is 0.139 e. The molecule has 0 aromatic heterocycles. The van der Waals surface area contributed by atoms with E-state index >= 15 is 0 Å². The molecule has 4 fully saturated rings. The monoisotopic (exact) mass is 318 g/mol. The Morgan fingerprint density at radius 2 is 1.78 bits per heavy atom. The Balaban J connectivity index is 1.73. The number of rotatable bonds is 1. The second-order valence-electron chi connectivity index (χ2n) is 9.82. The van der Waals surface area contributed by atoms with Gasteiger partial charge in [0, 0.05) is 18.9 Å². The number of methoxy groups -OCH3 is 1. The number of ether oxygens (including phenoxy) is 1. The average Bonchev–Trinajstić information content (AvgIpc) is 2.81. The molecule has 4 aliphatic rings. The van der Waals surface area contributed by atoms with E-state index < -0.39 is 0 Å². The molecule has 8 atom stereocenters. The van der Waals surface area contributed by atoms with Gasteiger partial charge in [-0.25, -0.2) is 0 Å². The van der Waals surface area contributed by atoms with E-state index in [1.54, 1.807) is 0 Å². The summed E-state index contributed by atoms with van der Waals surface area (Å²) in [5.74, 6) is 4.29. The fraction of sp³-hybridized carbons (Fsp3) is 0.952. The summed E-state index contributed by atoms with van der Waals surface area (Å²) in [6, 6.07) is 0. The van der Waals surface area contributed by atoms with Crippen molar-refractivity contribution in [1.29, 1.82) is 0 Å². The van der Waals surface area contributed by atoms with Gasteiger partial charge in [0.1, 0.15) is 5.78 Å². The first-order valence-corrected chi connectivity index (χ1v) is 9.96. The number of fused-ring (bicyclic) bond motifs is 5. The first kappa shape index (κ1) is 16.1. The number of ketones is 1. The zero-order chi connectivity index (χ0) is 16.4. The highest BCUT2D eigenvalue weighted by atomic mass is 16.5. The first-order chi connectivity index (χ1) is 10.9. The molecule has 0 aromatic rings. The van der Waals surface area contributed by atoms with E-state index in [1.165, 1.54) is 32.1 Å². The summed E-state index contributed by atoms with van der Waals surface area (Å²) in [5, 5.41) is 0. The molecule has 0 radical (unpaired) electrons. The second kappa shape index (κ2) is 5.31. The standard InChI is InChI=1S/C21H34O2/c1-13-5-6-14-7-8-15-16-9-10-18(22)21(16,3)12-17(23-4)19(15)20(14,2)11-13/h13-17,19H,5-12H2,1-4H3/t13-,14?,15?,16?,17?,19?,20?,21?/m0/s1. The minimum absolute atomic E-state index is 0.0919. The van der Waals surface area contributed by atoms with E-state index in [0.29, 0.717) is 29.1 Å². The van der Waals surface area contributed by atoms with Crippen LogP contribution in [0.2, 0.25) is 0 Å². The SMILES string of the molecule is COC1CC2(C)C(=O)CCC2C2CCC3CC[C@H](C)CC3(C)C12. The van der Waals surface area contributed by atoms with Crippen LogP contribution in [0.4, 0.5) is 0 Å². The van der Waals surface area contributed by atoms with Gasteiger partial charge in [-0.1, -0.05) is 27.2 Å². The van der Waals surface area contributed by atoms with E-state index in [1.807, 2.05) is 7.11 Å². The van der Waals surface area contributed by atoms with Gasteiger partial charge in [0.25, 0.3) is 0 Å². The molecule has 23 heavy (non-hydrogen) atoms. The van der Waals surface area contributed by atoms with Crippen LogP contribution in [0.25, 0.3) is 0 Å². The van der Waals surface area contributed by atoms with Crippen molar-refractivity contribution < 1.29 is 9.53 Å². The van der Waals surface area contributed by atoms with Crippen molar-refractivity contribution in [3.63, 3.8) is 0 Å². The second-order valence-corrected chi connectivity index (χ2v) is 9.82. The summed E-state index contributed by atoms with van der Waals surface area (Å²) >= 11 is 0. The molecule has 0 bridgehead atoms. The maximum atomic E-state index is 12.6. The summed E-state index contributed by atoms with van der Waals surface area (Å²) < 4.78 is 6.08. The van der Waals surface area contributed by atoms with Crippen LogP contribution in [-0.4, -0.2) is 19.0 Å². The maximum Gasteiger partial charge on any atom is 0.139 e. The fourth-order valence-electron chi connectivity index (χ4n) is 7.76. The van der Waals surface area contributed by atoms with Gasteiger partial charge < -0.3 is 4.74 Å². The van der Waals surface area contributed by atoms with Crippen molar-refractivity contribution in [2.45, 2.75) is 78.2 Å². The van der Waals surface area contributed by atoms with Crippen LogP contribution in [0.5, 0.6) is 0 Å². The molecule has 4 rings (SSSR count). The summed E-state index contributed by atoms with van der Waals surface area (Å²) in [6.45, 7) is 7.28. The van der Waals surface area contributed by atoms with E-state index in [2.05, 4.69) is 20.8 Å². The average molecular weight is 319 g/mol. The maximum absolute atomic E-state index is 12.6. The van der Waals surface area contributed by atoms with Crippen molar-refractivity contribution in [2.75, 3.05) is 7.11 Å². The highest BCUT2D eigenvalue weighted by molar-refractivity contribution is 5.87. The van der Waals surface area contributed by atoms with Gasteiger partial charge in [-0.2, -0.15) is 0 Å². The molecule has 4 saturated carbocycles. The molecule has 0 N–H and O–H groups in total. The van der Waals surface area contributed by atoms with Crippen LogP contribution < -0.4 is 0 Å². The molecule has 2 heteroatoms. The zero-order valence-corrected chi connectivity index (χ0v) is 15.4. The lowest BCUT2D eigenvalue weighted by molar-refractivity contribution is -0.179. The third-order valence-electron chi connectivity index (χ3n) is 8.78. The lowest BCUT2D eigenvalue weighted by Crippen LogP contribution is -2.59. The van der Waals surface area contributed by atoms with Crippen LogP contribution >= 0.6 is 0 Å². The van der Waals surface area contributed by atoms with Gasteiger partial charge in [-0.05, 0) is 73.5 Å². The van der Waals surface area contributed by atoms with E-state index in [-0.39, 0.29) is 5.41 Å². The summed E-state index contributed by atoms with van der Waals surface area (Å²) in [6.07, 6.45) is 10.2. The lowest BCUT2D eigenvalue weighted by Gasteiger charge is -2.62. The molecule has 0 amide bonds. The Hall–Kier alpha value is -0.370. The number of carbonyl (C=O) groups excluding carboxylic acids is 1. The normalized spacial score (nSPS) is 55.9. The Bertz CT molecular complexity index is 500. The molecule has 130 valence electrons. The van der Waals surface area contributed by atoms with Gasteiger partial charge in [0.15, 0.2) is 0 Å². The Labute approximate surface area is 141 Å². The highest BCUT2D eigenvalue weighted by Crippen LogP contribution is 2.66. The number of carbonyl (C=O) groups is 1. The lowest BCUT2D eigenvalue weighted by atomic mass is 9.44. The minimum atomic E-state index is -0.0919. The predicted molar refractivity (Wildman–Crippen MR) is 92.1 cm³/mol. The van der Waals surface area contributed by atoms with Crippen molar-refractivity contribution in [3.8, 4) is 0 Å². The molecular formula is C21H34O2. The highest BCUT2D eigenvalue weighted by Gasteiger charge is 2.63. The molecular weight excluding hydrogens is 284 g/mol. The molecule has 0 spiro atoms. The van der Waals surface area contributed by atoms with Gasteiger partial charge in [0.2, 0.25) is 0 Å². The Kier molecular flexibility index (Phi) is 3.72. The molecule has 0 aromatic carbocycles. The summed E-state index contributed by atoms with van der Waals surface area (Å²) in [4.78, 5) is 12.6. The van der Waals surface area contributed by atoms with Gasteiger partial charge in [-0.15, -0.1) is 0 Å². The molecule has 2 nitrogen and oxygen atoms in total. The topological polar surface area (TPSA) is 26.3 Å². The van der Waals surface area contributed by atoms with Crippen LogP contribution in [0, 0.1) is 40.4 Å². The Morgan fingerprint density at radius 1 is 1.04 bits per heavy atom. The van der Waals surface area contributed by atoms with Gasteiger partial charge in [0.05, 0.1) is 6.10 Å². The summed E-state index contributed by atoms with van der Waals surface area (Å²) in [7, 11) is 1.89. The van der Waals surface area contributed by atoms with Crippen molar-refractivity contribution in [3.05, 3.63) is 0 Å². The predicted octanol–water partition coefficient (Wildman–Crippen LogP) is 4.86. The van der Waals surface area contributed by atoms with Crippen LogP contribution in [0.1, 0.15) is 72.1 Å². The molecule has 0 aliphatic heterocycles. The Morgan fingerprint density at radius 3 is 2.52 bits per heavy atom. The minimum Gasteiger partial charge on any atom is -0.381 e. The van der Waals surface area contributed by atoms with Crippen LogP contribution in [-0.2, 0) is 9.53 Å². The van der Waals surface area contributed by atoms with Crippen molar-refractivity contribution in [1.82, 2.24) is 0 Å². The zero-order valence-electron chi connectivity index (χ0n) is 15.4. The first-order valence-electron chi connectivity index (χ1n) is 9.96. The summed E-state index contributed by atoms with van der Waals surface area (Å²) in [5.41, 5.74) is 0.347. The van der Waals surface area contributed by atoms with E-state index in [9.17, 15) is 4.79 Å². The third kappa shape index (κ3) is 2.12. The van der Waals surface area contributed by atoms with Crippen molar-refractivity contribution >= 4 is 5.78 Å². The molecule has 0 saturated heterocycles. The van der Waals surface area contributed by atoms with Crippen LogP contribution in [0.3, 0.4) is 0 Å². The third-order valence-corrected chi connectivity index (χ3v) is 8.78. The van der Waals surface area contributed by atoms with Crippen LogP contribution in [0.15, 0.2) is 0 Å². The van der Waals surface area contributed by atoms with E-state index in [0.717, 1.165) is 37.0 Å². The van der Waals surface area contributed by atoms with Gasteiger partial charge >= 0.3 is 0 Å². The number of hydrogen-bond acceptors (Lipinski definition) is 2. The number of Topliss-reactive ketones (excluding diaryl/α,β-unsaturated/α-hetero) is 1. The van der Waals surface area contributed by atoms with E-state index in [4.69, 9.17) is 4.74 Å². The molecule has 0 heterocycles. The fourth-order valence-corrected chi connectivity index (χ4v) is 7.76. The van der Waals surface area contributed by atoms with Gasteiger partial charge in [-0.3, -0.25) is 4.79 Å². The van der Waals surface area contributed by atoms with Crippen molar-refractivity contribution in [2.24, 2.45) is 40.4 Å². The quantitative estimate of drug-likeness (QED) is 0.690.